The van der Waals surface area contributed by atoms with Crippen LogP contribution in [-0.2, 0) is 11.0 Å². The van der Waals surface area contributed by atoms with Gasteiger partial charge in [-0.15, -0.1) is 0 Å². The lowest BCUT2D eigenvalue weighted by molar-refractivity contribution is -0.141. The van der Waals surface area contributed by atoms with Crippen molar-refractivity contribution in [2.75, 3.05) is 6.54 Å². The summed E-state index contributed by atoms with van der Waals surface area (Å²) in [5.41, 5.74) is 3.25. The minimum atomic E-state index is -4.74. The molecule has 1 aromatic carbocycles. The van der Waals surface area contributed by atoms with Crippen LogP contribution in [0.5, 0.6) is 0 Å². The first-order chi connectivity index (χ1) is 7.77. The highest BCUT2D eigenvalue weighted by Crippen LogP contribution is 2.35. The molecule has 0 aliphatic rings. The molecular formula is C10H9F4NO2. The quantitative estimate of drug-likeness (QED) is 0.807. The van der Waals surface area contributed by atoms with E-state index in [1.165, 1.54) is 0 Å². The summed E-state index contributed by atoms with van der Waals surface area (Å²) < 4.78 is 50.6. The van der Waals surface area contributed by atoms with E-state index in [4.69, 9.17) is 10.8 Å². The van der Waals surface area contributed by atoms with Crippen molar-refractivity contribution in [2.24, 2.45) is 5.73 Å². The van der Waals surface area contributed by atoms with E-state index in [1.54, 1.807) is 0 Å². The van der Waals surface area contributed by atoms with Crippen LogP contribution in [0.15, 0.2) is 18.2 Å². The van der Waals surface area contributed by atoms with E-state index < -0.39 is 41.6 Å². The fourth-order valence-corrected chi connectivity index (χ4v) is 1.44. The maximum absolute atomic E-state index is 12.9. The van der Waals surface area contributed by atoms with Crippen molar-refractivity contribution in [3.05, 3.63) is 35.1 Å². The van der Waals surface area contributed by atoms with Crippen LogP contribution in [0.2, 0.25) is 0 Å². The summed E-state index contributed by atoms with van der Waals surface area (Å²) in [6, 6.07) is 1.69. The van der Waals surface area contributed by atoms with Gasteiger partial charge < -0.3 is 10.8 Å². The number of alkyl halides is 3. The highest BCUT2D eigenvalue weighted by atomic mass is 19.4. The predicted molar refractivity (Wildman–Crippen MR) is 50.8 cm³/mol. The molecule has 0 aromatic heterocycles. The Morgan fingerprint density at radius 1 is 1.41 bits per heavy atom. The third kappa shape index (κ3) is 2.94. The first-order valence-corrected chi connectivity index (χ1v) is 4.57. The molecule has 0 saturated heterocycles. The van der Waals surface area contributed by atoms with E-state index in [0.29, 0.717) is 18.2 Å². The summed E-state index contributed by atoms with van der Waals surface area (Å²) >= 11 is 0. The van der Waals surface area contributed by atoms with Crippen LogP contribution in [0.1, 0.15) is 17.0 Å². The van der Waals surface area contributed by atoms with E-state index >= 15 is 0 Å². The van der Waals surface area contributed by atoms with Crippen LogP contribution in [-0.4, -0.2) is 17.6 Å². The standard InChI is InChI=1S/C10H9F4NO2/c11-5-1-2-8(10(12,13)14)6(3-5)7(4-15)9(16)17/h1-3,7H,4,15H2,(H,16,17). The summed E-state index contributed by atoms with van der Waals surface area (Å²) in [5, 5.41) is 8.74. The zero-order chi connectivity index (χ0) is 13.2. The monoisotopic (exact) mass is 251 g/mol. The van der Waals surface area contributed by atoms with Gasteiger partial charge in [0, 0.05) is 6.54 Å². The number of carboxylic acids is 1. The van der Waals surface area contributed by atoms with Crippen LogP contribution in [0.4, 0.5) is 17.6 Å². The molecule has 0 fully saturated rings. The van der Waals surface area contributed by atoms with E-state index in [9.17, 15) is 22.4 Å². The predicted octanol–water partition coefficient (Wildman–Crippen LogP) is 1.97. The van der Waals surface area contributed by atoms with Crippen molar-refractivity contribution >= 4 is 5.97 Å². The number of hydrogen-bond donors (Lipinski definition) is 2. The van der Waals surface area contributed by atoms with Crippen molar-refractivity contribution in [1.82, 2.24) is 0 Å². The molecule has 3 nitrogen and oxygen atoms in total. The number of hydrogen-bond acceptors (Lipinski definition) is 2. The molecule has 0 heterocycles. The van der Waals surface area contributed by atoms with Crippen molar-refractivity contribution in [1.29, 1.82) is 0 Å². The Labute approximate surface area is 93.8 Å². The second kappa shape index (κ2) is 4.70. The molecule has 0 saturated carbocycles. The Hall–Kier alpha value is -1.63. The van der Waals surface area contributed by atoms with Gasteiger partial charge in [-0.25, -0.2) is 4.39 Å². The third-order valence-corrected chi connectivity index (χ3v) is 2.23. The molecule has 0 bridgehead atoms. The summed E-state index contributed by atoms with van der Waals surface area (Å²) in [4.78, 5) is 10.8. The molecule has 1 atom stereocenters. The van der Waals surface area contributed by atoms with Gasteiger partial charge in [0.05, 0.1) is 11.5 Å². The summed E-state index contributed by atoms with van der Waals surface area (Å²) in [7, 11) is 0. The molecule has 17 heavy (non-hydrogen) atoms. The zero-order valence-electron chi connectivity index (χ0n) is 8.46. The van der Waals surface area contributed by atoms with Gasteiger partial charge in [-0.05, 0) is 23.8 Å². The van der Waals surface area contributed by atoms with Crippen LogP contribution in [0.25, 0.3) is 0 Å². The van der Waals surface area contributed by atoms with Crippen molar-refractivity contribution in [3.8, 4) is 0 Å². The van der Waals surface area contributed by atoms with Gasteiger partial charge >= 0.3 is 12.1 Å². The van der Waals surface area contributed by atoms with E-state index in [2.05, 4.69) is 0 Å². The van der Waals surface area contributed by atoms with Crippen molar-refractivity contribution in [3.63, 3.8) is 0 Å². The number of carboxylic acid groups (broad SMARTS) is 1. The maximum atomic E-state index is 12.9. The zero-order valence-corrected chi connectivity index (χ0v) is 8.46. The molecule has 3 N–H and O–H groups in total. The molecule has 94 valence electrons. The molecule has 0 radical (unpaired) electrons. The Kier molecular flexibility index (Phi) is 3.72. The Morgan fingerprint density at radius 3 is 2.41 bits per heavy atom. The topological polar surface area (TPSA) is 63.3 Å². The van der Waals surface area contributed by atoms with Crippen molar-refractivity contribution in [2.45, 2.75) is 12.1 Å². The van der Waals surface area contributed by atoms with Gasteiger partial charge in [0.25, 0.3) is 0 Å². The number of rotatable bonds is 3. The summed E-state index contributed by atoms with van der Waals surface area (Å²) in [6.07, 6.45) is -4.74. The summed E-state index contributed by atoms with van der Waals surface area (Å²) in [6.45, 7) is -0.540. The van der Waals surface area contributed by atoms with Gasteiger partial charge in [-0.1, -0.05) is 0 Å². The molecule has 0 aliphatic carbocycles. The summed E-state index contributed by atoms with van der Waals surface area (Å²) in [5.74, 6) is -4.04. The number of halogens is 4. The van der Waals surface area contributed by atoms with Gasteiger partial charge in [0.2, 0.25) is 0 Å². The smallest absolute Gasteiger partial charge is 0.416 e. The van der Waals surface area contributed by atoms with Crippen LogP contribution < -0.4 is 5.73 Å². The molecule has 1 aromatic rings. The second-order valence-corrected chi connectivity index (χ2v) is 3.36. The lowest BCUT2D eigenvalue weighted by Gasteiger charge is -2.17. The molecule has 7 heteroatoms. The van der Waals surface area contributed by atoms with E-state index in [-0.39, 0.29) is 0 Å². The van der Waals surface area contributed by atoms with E-state index in [1.807, 2.05) is 0 Å². The van der Waals surface area contributed by atoms with Crippen LogP contribution in [0.3, 0.4) is 0 Å². The Bertz CT molecular complexity index is 431. The largest absolute Gasteiger partial charge is 0.481 e. The second-order valence-electron chi connectivity index (χ2n) is 3.36. The molecule has 0 spiro atoms. The molecular weight excluding hydrogens is 242 g/mol. The SMILES string of the molecule is NCC(C(=O)O)c1cc(F)ccc1C(F)(F)F. The average molecular weight is 251 g/mol. The number of nitrogens with two attached hydrogens (primary N) is 1. The minimum absolute atomic E-state index is 0.510. The minimum Gasteiger partial charge on any atom is -0.481 e. The number of benzene rings is 1. The van der Waals surface area contributed by atoms with E-state index in [0.717, 1.165) is 0 Å². The number of aliphatic carboxylic acids is 1. The molecule has 1 rings (SSSR count). The van der Waals surface area contributed by atoms with Crippen LogP contribution in [0, 0.1) is 5.82 Å². The first-order valence-electron chi connectivity index (χ1n) is 4.57. The molecule has 0 amide bonds. The average Bonchev–Trinajstić information content (AvgIpc) is 2.16. The van der Waals surface area contributed by atoms with Gasteiger partial charge in [0.15, 0.2) is 0 Å². The van der Waals surface area contributed by atoms with Gasteiger partial charge in [0.1, 0.15) is 5.82 Å². The maximum Gasteiger partial charge on any atom is 0.416 e. The fraction of sp³-hybridized carbons (Fsp3) is 0.300. The first kappa shape index (κ1) is 13.4. The van der Waals surface area contributed by atoms with Crippen LogP contribution >= 0.6 is 0 Å². The molecule has 0 aliphatic heterocycles. The normalized spacial score (nSPS) is 13.5. The fourth-order valence-electron chi connectivity index (χ4n) is 1.44. The Morgan fingerprint density at radius 2 is 2.00 bits per heavy atom. The highest BCUT2D eigenvalue weighted by molar-refractivity contribution is 5.77. The number of carbonyl (C=O) groups is 1. The molecule has 1 unspecified atom stereocenters. The van der Waals surface area contributed by atoms with Gasteiger partial charge in [-0.2, -0.15) is 13.2 Å². The highest BCUT2D eigenvalue weighted by Gasteiger charge is 2.36. The Balaban J connectivity index is 3.38. The lowest BCUT2D eigenvalue weighted by Crippen LogP contribution is -2.24. The van der Waals surface area contributed by atoms with Gasteiger partial charge in [-0.3, -0.25) is 4.79 Å². The lowest BCUT2D eigenvalue weighted by atomic mass is 9.94. The third-order valence-electron chi connectivity index (χ3n) is 2.23. The van der Waals surface area contributed by atoms with Crippen molar-refractivity contribution < 1.29 is 27.5 Å².